The van der Waals surface area contributed by atoms with E-state index in [1.54, 1.807) is 18.2 Å². The second kappa shape index (κ2) is 7.29. The summed E-state index contributed by atoms with van der Waals surface area (Å²) in [7, 11) is -3.30. The number of ether oxygens (including phenoxy) is 1. The minimum atomic E-state index is -3.30. The highest BCUT2D eigenvalue weighted by molar-refractivity contribution is 7.90. The average Bonchev–Trinajstić information content (AvgIpc) is 2.59. The van der Waals surface area contributed by atoms with E-state index in [2.05, 4.69) is 15.3 Å². The molecular weight excluding hydrogens is 350 g/mol. The lowest BCUT2D eigenvalue weighted by Gasteiger charge is -2.17. The number of aryl methyl sites for hydroxylation is 1. The first kappa shape index (κ1) is 18.1. The number of nitrogens with zero attached hydrogens (tertiary/aromatic N) is 2. The summed E-state index contributed by atoms with van der Waals surface area (Å²) >= 11 is 0. The van der Waals surface area contributed by atoms with Crippen molar-refractivity contribution in [2.75, 3.05) is 18.2 Å². The molecule has 1 atom stereocenters. The van der Waals surface area contributed by atoms with Crippen molar-refractivity contribution in [1.29, 1.82) is 0 Å². The lowest BCUT2D eigenvalue weighted by molar-refractivity contribution is 0.303. The number of rotatable bonds is 6. The molecule has 1 aromatic heterocycles. The number of benzene rings is 2. The fraction of sp³-hybridized carbons (Fsp3) is 0.263. The van der Waals surface area contributed by atoms with Gasteiger partial charge in [-0.05, 0) is 49.7 Å². The molecule has 0 aliphatic heterocycles. The van der Waals surface area contributed by atoms with Crippen LogP contribution in [0.4, 0.5) is 5.82 Å². The van der Waals surface area contributed by atoms with E-state index in [1.165, 1.54) is 12.6 Å². The van der Waals surface area contributed by atoms with Crippen molar-refractivity contribution in [2.45, 2.75) is 24.8 Å². The highest BCUT2D eigenvalue weighted by atomic mass is 32.2. The lowest BCUT2D eigenvalue weighted by Crippen LogP contribution is -2.24. The molecule has 0 spiro atoms. The van der Waals surface area contributed by atoms with Gasteiger partial charge in [-0.25, -0.2) is 18.4 Å². The largest absolute Gasteiger partial charge is 0.491 e. The van der Waals surface area contributed by atoms with Gasteiger partial charge in [0.05, 0.1) is 16.5 Å². The molecule has 0 fully saturated rings. The van der Waals surface area contributed by atoms with Gasteiger partial charge in [0.15, 0.2) is 9.84 Å². The van der Waals surface area contributed by atoms with Crippen LogP contribution in [0.2, 0.25) is 0 Å². The van der Waals surface area contributed by atoms with Crippen molar-refractivity contribution in [3.05, 3.63) is 54.4 Å². The van der Waals surface area contributed by atoms with Crippen LogP contribution in [0.15, 0.2) is 53.7 Å². The van der Waals surface area contributed by atoms with E-state index in [9.17, 15) is 8.42 Å². The summed E-state index contributed by atoms with van der Waals surface area (Å²) in [5.74, 6) is 1.39. The summed E-state index contributed by atoms with van der Waals surface area (Å²) < 4.78 is 29.4. The molecular formula is C19H21N3O3S. The average molecular weight is 371 g/mol. The van der Waals surface area contributed by atoms with Crippen LogP contribution in [0.1, 0.15) is 12.5 Å². The van der Waals surface area contributed by atoms with Gasteiger partial charge in [0.25, 0.3) is 0 Å². The van der Waals surface area contributed by atoms with Gasteiger partial charge in [0, 0.05) is 11.6 Å². The van der Waals surface area contributed by atoms with E-state index in [0.29, 0.717) is 23.3 Å². The molecule has 0 amide bonds. The molecule has 0 saturated carbocycles. The SMILES string of the molecule is Cc1cccc(OCC(C)Nc2ncnc3ccc(S(C)(=O)=O)cc23)c1. The Kier molecular flexibility index (Phi) is 5.08. The number of anilines is 1. The number of fused-ring (bicyclic) bond motifs is 1. The lowest BCUT2D eigenvalue weighted by atomic mass is 10.2. The molecule has 0 saturated heterocycles. The van der Waals surface area contributed by atoms with Gasteiger partial charge in [-0.1, -0.05) is 12.1 Å². The number of nitrogens with one attached hydrogen (secondary N) is 1. The Morgan fingerprint density at radius 2 is 1.96 bits per heavy atom. The Balaban J connectivity index is 1.79. The minimum absolute atomic E-state index is 0.0319. The Morgan fingerprint density at radius 3 is 2.69 bits per heavy atom. The molecule has 6 nitrogen and oxygen atoms in total. The summed E-state index contributed by atoms with van der Waals surface area (Å²) in [5.41, 5.74) is 1.82. The van der Waals surface area contributed by atoms with Crippen LogP contribution in [-0.2, 0) is 9.84 Å². The van der Waals surface area contributed by atoms with Gasteiger partial charge in [0.2, 0.25) is 0 Å². The number of sulfone groups is 1. The van der Waals surface area contributed by atoms with E-state index < -0.39 is 9.84 Å². The third-order valence-corrected chi connectivity index (χ3v) is 5.02. The van der Waals surface area contributed by atoms with E-state index in [4.69, 9.17) is 4.74 Å². The molecule has 1 heterocycles. The van der Waals surface area contributed by atoms with Crippen LogP contribution >= 0.6 is 0 Å². The maximum atomic E-state index is 11.8. The standard InChI is InChI=1S/C19H21N3O3S/c1-13-5-4-6-15(9-13)25-11-14(2)22-19-17-10-16(26(3,23)24)7-8-18(17)20-12-21-19/h4-10,12,14H,11H2,1-3H3,(H,20,21,22). The van der Waals surface area contributed by atoms with Crippen LogP contribution in [-0.4, -0.2) is 37.3 Å². The molecule has 3 aromatic rings. The first-order valence-corrected chi connectivity index (χ1v) is 10.1. The quantitative estimate of drug-likeness (QED) is 0.716. The van der Waals surface area contributed by atoms with Gasteiger partial charge < -0.3 is 10.1 Å². The van der Waals surface area contributed by atoms with Crippen molar-refractivity contribution in [3.63, 3.8) is 0 Å². The zero-order valence-electron chi connectivity index (χ0n) is 14.9. The maximum Gasteiger partial charge on any atom is 0.175 e. The minimum Gasteiger partial charge on any atom is -0.491 e. The number of hydrogen-bond acceptors (Lipinski definition) is 6. The van der Waals surface area contributed by atoms with Gasteiger partial charge in [-0.15, -0.1) is 0 Å². The van der Waals surface area contributed by atoms with Crippen LogP contribution in [0.3, 0.4) is 0 Å². The predicted molar refractivity (Wildman–Crippen MR) is 102 cm³/mol. The predicted octanol–water partition coefficient (Wildman–Crippen LogP) is 3.22. The molecule has 26 heavy (non-hydrogen) atoms. The van der Waals surface area contributed by atoms with E-state index in [-0.39, 0.29) is 10.9 Å². The second-order valence-corrected chi connectivity index (χ2v) is 8.36. The Labute approximate surface area is 153 Å². The normalized spacial score (nSPS) is 12.7. The van der Waals surface area contributed by atoms with Crippen LogP contribution < -0.4 is 10.1 Å². The molecule has 2 aromatic carbocycles. The summed E-state index contributed by atoms with van der Waals surface area (Å²) in [6.45, 7) is 4.44. The Bertz CT molecular complexity index is 1040. The van der Waals surface area contributed by atoms with Crippen molar-refractivity contribution >= 4 is 26.6 Å². The van der Waals surface area contributed by atoms with Crippen molar-refractivity contribution in [2.24, 2.45) is 0 Å². The van der Waals surface area contributed by atoms with Gasteiger partial charge in [-0.2, -0.15) is 0 Å². The van der Waals surface area contributed by atoms with Gasteiger partial charge in [-0.3, -0.25) is 0 Å². The Morgan fingerprint density at radius 1 is 1.15 bits per heavy atom. The second-order valence-electron chi connectivity index (χ2n) is 6.35. The van der Waals surface area contributed by atoms with Crippen LogP contribution in [0.25, 0.3) is 10.9 Å². The third-order valence-electron chi connectivity index (χ3n) is 3.91. The van der Waals surface area contributed by atoms with Gasteiger partial charge in [0.1, 0.15) is 24.5 Å². The summed E-state index contributed by atoms with van der Waals surface area (Å²) in [5, 5.41) is 3.94. The molecule has 136 valence electrons. The van der Waals surface area contributed by atoms with E-state index >= 15 is 0 Å². The Hall–Kier alpha value is -2.67. The fourth-order valence-electron chi connectivity index (χ4n) is 2.58. The molecule has 0 aliphatic rings. The van der Waals surface area contributed by atoms with Crippen LogP contribution in [0.5, 0.6) is 5.75 Å². The van der Waals surface area contributed by atoms with Crippen molar-refractivity contribution in [1.82, 2.24) is 9.97 Å². The molecule has 1 N–H and O–H groups in total. The topological polar surface area (TPSA) is 81.2 Å². The smallest absolute Gasteiger partial charge is 0.175 e. The first-order chi connectivity index (χ1) is 12.3. The monoisotopic (exact) mass is 371 g/mol. The van der Waals surface area contributed by atoms with Crippen molar-refractivity contribution in [3.8, 4) is 5.75 Å². The van der Waals surface area contributed by atoms with Crippen molar-refractivity contribution < 1.29 is 13.2 Å². The fourth-order valence-corrected chi connectivity index (χ4v) is 3.23. The molecule has 7 heteroatoms. The summed E-state index contributed by atoms with van der Waals surface area (Å²) in [6.07, 6.45) is 2.64. The van der Waals surface area contributed by atoms with E-state index in [0.717, 1.165) is 11.3 Å². The highest BCUT2D eigenvalue weighted by Gasteiger charge is 2.13. The molecule has 0 aliphatic carbocycles. The maximum absolute atomic E-state index is 11.8. The highest BCUT2D eigenvalue weighted by Crippen LogP contribution is 2.23. The first-order valence-electron chi connectivity index (χ1n) is 8.24. The van der Waals surface area contributed by atoms with Gasteiger partial charge >= 0.3 is 0 Å². The molecule has 3 rings (SSSR count). The van der Waals surface area contributed by atoms with Crippen LogP contribution in [0, 0.1) is 6.92 Å². The summed E-state index contributed by atoms with van der Waals surface area (Å²) in [6, 6.07) is 12.7. The number of hydrogen-bond donors (Lipinski definition) is 1. The van der Waals surface area contributed by atoms with E-state index in [1.807, 2.05) is 38.1 Å². The zero-order chi connectivity index (χ0) is 18.7. The molecule has 0 radical (unpaired) electrons. The zero-order valence-corrected chi connectivity index (χ0v) is 15.7. The third kappa shape index (κ3) is 4.29. The summed E-state index contributed by atoms with van der Waals surface area (Å²) in [4.78, 5) is 8.71. The molecule has 0 bridgehead atoms. The molecule has 1 unspecified atom stereocenters. The number of aromatic nitrogens is 2.